The van der Waals surface area contributed by atoms with Crippen molar-refractivity contribution < 1.29 is 17.6 Å². The summed E-state index contributed by atoms with van der Waals surface area (Å²) >= 11 is 0. The predicted octanol–water partition coefficient (Wildman–Crippen LogP) is 2.12. The normalized spacial score (nSPS) is 18.3. The van der Waals surface area contributed by atoms with Gasteiger partial charge in [-0.05, 0) is 43.7 Å². The molecule has 1 amide bonds. The van der Waals surface area contributed by atoms with E-state index in [9.17, 15) is 13.2 Å². The molecule has 0 bridgehead atoms. The second kappa shape index (κ2) is 8.28. The third kappa shape index (κ3) is 4.79. The summed E-state index contributed by atoms with van der Waals surface area (Å²) in [6.07, 6.45) is 1.45. The van der Waals surface area contributed by atoms with Crippen LogP contribution in [0.25, 0.3) is 0 Å². The maximum absolute atomic E-state index is 12.2. The molecule has 1 aromatic heterocycles. The van der Waals surface area contributed by atoms with Crippen LogP contribution in [0.15, 0.2) is 52.1 Å². The Kier molecular flexibility index (Phi) is 5.97. The van der Waals surface area contributed by atoms with Crippen molar-refractivity contribution in [3.63, 3.8) is 0 Å². The van der Waals surface area contributed by atoms with Gasteiger partial charge >= 0.3 is 0 Å². The highest BCUT2D eigenvalue weighted by atomic mass is 32.2. The molecule has 2 heterocycles. The number of amides is 1. The van der Waals surface area contributed by atoms with E-state index in [0.29, 0.717) is 31.3 Å². The van der Waals surface area contributed by atoms with Gasteiger partial charge in [0.05, 0.1) is 16.8 Å². The van der Waals surface area contributed by atoms with Crippen molar-refractivity contribution in [3.05, 3.63) is 54.0 Å². The first kappa shape index (κ1) is 20.9. The summed E-state index contributed by atoms with van der Waals surface area (Å²) in [6, 6.07) is 10.7. The van der Waals surface area contributed by atoms with Gasteiger partial charge < -0.3 is 20.0 Å². The molecule has 2 aromatic rings. The van der Waals surface area contributed by atoms with Crippen LogP contribution in [-0.2, 0) is 16.4 Å². The molecule has 156 valence electrons. The van der Waals surface area contributed by atoms with E-state index >= 15 is 0 Å². The van der Waals surface area contributed by atoms with Gasteiger partial charge in [-0.25, -0.2) is 8.42 Å². The van der Waals surface area contributed by atoms with Gasteiger partial charge in [-0.1, -0.05) is 12.1 Å². The minimum Gasteiger partial charge on any atom is -0.459 e. The lowest BCUT2D eigenvalue weighted by Crippen LogP contribution is -2.57. The third-order valence-electron chi connectivity index (χ3n) is 4.96. The molecule has 0 spiro atoms. The average Bonchev–Trinajstić information content (AvgIpc) is 3.21. The van der Waals surface area contributed by atoms with Crippen LogP contribution in [0.5, 0.6) is 0 Å². The minimum atomic E-state index is -3.10. The zero-order chi connectivity index (χ0) is 21.1. The Morgan fingerprint density at radius 1 is 1.24 bits per heavy atom. The summed E-state index contributed by atoms with van der Waals surface area (Å²) in [4.78, 5) is 18.3. The lowest BCUT2D eigenvalue weighted by molar-refractivity contribution is 0.0996. The Labute approximate surface area is 170 Å². The van der Waals surface area contributed by atoms with Crippen molar-refractivity contribution in [2.75, 3.05) is 31.2 Å². The number of carbonyl (C=O) groups is 1. The van der Waals surface area contributed by atoms with Crippen LogP contribution in [-0.4, -0.2) is 55.8 Å². The van der Waals surface area contributed by atoms with Crippen molar-refractivity contribution in [1.29, 1.82) is 0 Å². The van der Waals surface area contributed by atoms with Gasteiger partial charge in [0, 0.05) is 32.4 Å². The van der Waals surface area contributed by atoms with Crippen molar-refractivity contribution in [2.24, 2.45) is 4.99 Å². The minimum absolute atomic E-state index is 0.116. The molecule has 3 rings (SSSR count). The summed E-state index contributed by atoms with van der Waals surface area (Å²) in [5.74, 6) is 0.739. The highest BCUT2D eigenvalue weighted by Gasteiger charge is 2.40. The van der Waals surface area contributed by atoms with Crippen molar-refractivity contribution >= 4 is 27.4 Å². The molecular formula is C20H26N4O4S. The second-order valence-corrected chi connectivity index (χ2v) is 10.3. The van der Waals surface area contributed by atoms with E-state index in [1.165, 1.54) is 6.26 Å². The van der Waals surface area contributed by atoms with Gasteiger partial charge in [-0.2, -0.15) is 0 Å². The number of aliphatic imine (C=N–C) groups is 1. The number of hydrogen-bond donors (Lipinski definition) is 2. The predicted molar refractivity (Wildman–Crippen MR) is 113 cm³/mol. The number of nitrogens with zero attached hydrogens (tertiary/aromatic N) is 2. The number of rotatable bonds is 4. The molecule has 9 heteroatoms. The third-order valence-corrected chi connectivity index (χ3v) is 7.50. The van der Waals surface area contributed by atoms with Crippen LogP contribution in [0.2, 0.25) is 0 Å². The lowest BCUT2D eigenvalue weighted by Gasteiger charge is -2.39. The molecule has 29 heavy (non-hydrogen) atoms. The standard InChI is InChI=1S/C20H26N4O4S/c1-20(2)14-24(10-12-29(20,26)27)19(21-3)22-13-15-6-8-16(9-7-15)23-18(25)17-5-4-11-28-17/h4-9,11H,10,12-14H2,1-3H3,(H,21,22)(H,23,25). The number of nitrogens with one attached hydrogen (secondary N) is 2. The fraction of sp³-hybridized carbons (Fsp3) is 0.400. The van der Waals surface area contributed by atoms with Crippen LogP contribution in [0.1, 0.15) is 30.0 Å². The Bertz CT molecular complexity index is 980. The molecule has 0 aliphatic carbocycles. The summed E-state index contributed by atoms with van der Waals surface area (Å²) in [5.41, 5.74) is 1.67. The van der Waals surface area contributed by atoms with Crippen LogP contribution < -0.4 is 10.6 Å². The highest BCUT2D eigenvalue weighted by Crippen LogP contribution is 2.23. The highest BCUT2D eigenvalue weighted by molar-refractivity contribution is 7.92. The molecule has 0 atom stereocenters. The van der Waals surface area contributed by atoms with Crippen molar-refractivity contribution in [2.45, 2.75) is 25.1 Å². The Hall–Kier alpha value is -2.81. The molecule has 1 aliphatic heterocycles. The van der Waals surface area contributed by atoms with Gasteiger partial charge in [0.2, 0.25) is 0 Å². The summed E-state index contributed by atoms with van der Waals surface area (Å²) in [5, 5.41) is 6.06. The molecule has 1 aromatic carbocycles. The fourth-order valence-corrected chi connectivity index (χ4v) is 4.51. The number of sulfone groups is 1. The Morgan fingerprint density at radius 3 is 2.55 bits per heavy atom. The van der Waals surface area contributed by atoms with E-state index in [4.69, 9.17) is 4.42 Å². The zero-order valence-electron chi connectivity index (χ0n) is 16.8. The molecule has 0 radical (unpaired) electrons. The number of carbonyl (C=O) groups excluding carboxylic acids is 1. The molecule has 8 nitrogen and oxygen atoms in total. The van der Waals surface area contributed by atoms with Gasteiger partial charge in [0.25, 0.3) is 5.91 Å². The largest absolute Gasteiger partial charge is 0.459 e. The summed E-state index contributed by atoms with van der Waals surface area (Å²) in [7, 11) is -1.41. The van der Waals surface area contributed by atoms with E-state index in [1.807, 2.05) is 29.2 Å². The van der Waals surface area contributed by atoms with Crippen LogP contribution in [0.4, 0.5) is 5.69 Å². The monoisotopic (exact) mass is 418 g/mol. The first-order valence-corrected chi connectivity index (χ1v) is 11.0. The van der Waals surface area contributed by atoms with E-state index in [1.54, 1.807) is 33.0 Å². The van der Waals surface area contributed by atoms with Gasteiger partial charge in [0.15, 0.2) is 21.6 Å². The Morgan fingerprint density at radius 2 is 1.97 bits per heavy atom. The van der Waals surface area contributed by atoms with E-state index in [0.717, 1.165) is 5.56 Å². The first-order chi connectivity index (χ1) is 13.7. The number of anilines is 1. The van der Waals surface area contributed by atoms with Crippen molar-refractivity contribution in [1.82, 2.24) is 10.2 Å². The number of guanidine groups is 1. The Balaban J connectivity index is 1.57. The summed E-state index contributed by atoms with van der Waals surface area (Å²) in [6.45, 7) is 4.84. The number of benzene rings is 1. The number of hydrogen-bond acceptors (Lipinski definition) is 5. The quantitative estimate of drug-likeness (QED) is 0.582. The zero-order valence-corrected chi connectivity index (χ0v) is 17.6. The smallest absolute Gasteiger partial charge is 0.291 e. The van der Waals surface area contributed by atoms with Crippen molar-refractivity contribution in [3.8, 4) is 0 Å². The van der Waals surface area contributed by atoms with E-state index in [-0.39, 0.29) is 17.4 Å². The molecule has 2 N–H and O–H groups in total. The van der Waals surface area contributed by atoms with Gasteiger partial charge in [0.1, 0.15) is 0 Å². The van der Waals surface area contributed by atoms with Crippen LogP contribution >= 0.6 is 0 Å². The van der Waals surface area contributed by atoms with Crippen LogP contribution in [0.3, 0.4) is 0 Å². The fourth-order valence-electron chi connectivity index (χ4n) is 3.14. The summed E-state index contributed by atoms with van der Waals surface area (Å²) < 4.78 is 28.7. The molecule has 0 unspecified atom stereocenters. The van der Waals surface area contributed by atoms with E-state index in [2.05, 4.69) is 15.6 Å². The van der Waals surface area contributed by atoms with Crippen LogP contribution in [0, 0.1) is 0 Å². The molecule has 1 aliphatic rings. The lowest BCUT2D eigenvalue weighted by atomic mass is 10.2. The van der Waals surface area contributed by atoms with Gasteiger partial charge in [-0.3, -0.25) is 9.79 Å². The first-order valence-electron chi connectivity index (χ1n) is 9.33. The SMILES string of the molecule is CN=C(NCc1ccc(NC(=O)c2ccco2)cc1)N1CCS(=O)(=O)C(C)(C)C1. The molecule has 1 saturated heterocycles. The maximum atomic E-state index is 12.2. The average molecular weight is 419 g/mol. The van der Waals surface area contributed by atoms with Gasteiger partial charge in [-0.15, -0.1) is 0 Å². The molecular weight excluding hydrogens is 392 g/mol. The maximum Gasteiger partial charge on any atom is 0.291 e. The topological polar surface area (TPSA) is 104 Å². The molecule has 1 fully saturated rings. The molecule has 0 saturated carbocycles. The second-order valence-electron chi connectivity index (χ2n) is 7.53. The number of furan rings is 1. The van der Waals surface area contributed by atoms with E-state index < -0.39 is 14.6 Å².